The van der Waals surface area contributed by atoms with Crippen LogP contribution in [0, 0.1) is 0 Å². The van der Waals surface area contributed by atoms with E-state index in [-0.39, 0.29) is 34.8 Å². The predicted molar refractivity (Wildman–Crippen MR) is 104 cm³/mol. The van der Waals surface area contributed by atoms with Crippen LogP contribution in [0.25, 0.3) is 0 Å². The van der Waals surface area contributed by atoms with Crippen molar-refractivity contribution < 1.29 is 9.59 Å². The van der Waals surface area contributed by atoms with Gasteiger partial charge in [0.15, 0.2) is 0 Å². The van der Waals surface area contributed by atoms with Crippen molar-refractivity contribution in [2.75, 3.05) is 6.54 Å². The Morgan fingerprint density at radius 2 is 1.65 bits per heavy atom. The summed E-state index contributed by atoms with van der Waals surface area (Å²) in [5, 5.41) is 0.533. The van der Waals surface area contributed by atoms with Crippen molar-refractivity contribution in [1.82, 2.24) is 9.88 Å². The number of aromatic nitrogens is 1. The van der Waals surface area contributed by atoms with Gasteiger partial charge in [-0.3, -0.25) is 9.59 Å². The zero-order valence-corrected chi connectivity index (χ0v) is 16.6. The summed E-state index contributed by atoms with van der Waals surface area (Å²) in [6.45, 7) is 5.68. The molecule has 138 valence electrons. The molecule has 2 rings (SSSR count). The molecule has 0 atom stereocenters. The Morgan fingerprint density at radius 3 is 2.19 bits per heavy atom. The monoisotopic (exact) mass is 392 g/mol. The SMILES string of the molecule is CC(=O)CCN(C(=O)Cc1ccccc1)C(C)(C)c1cc(Cl)nc(Cl)c1. The number of amides is 1. The predicted octanol–water partition coefficient (Wildman–Crippen LogP) is 4.67. The van der Waals surface area contributed by atoms with Crippen LogP contribution in [0.15, 0.2) is 42.5 Å². The Morgan fingerprint density at radius 1 is 1.08 bits per heavy atom. The lowest BCUT2D eigenvalue weighted by molar-refractivity contribution is -0.136. The molecule has 0 saturated heterocycles. The van der Waals surface area contributed by atoms with Gasteiger partial charge < -0.3 is 4.90 Å². The summed E-state index contributed by atoms with van der Waals surface area (Å²) >= 11 is 12.1. The second kappa shape index (κ2) is 8.65. The summed E-state index contributed by atoms with van der Waals surface area (Å²) in [6.07, 6.45) is 0.547. The van der Waals surface area contributed by atoms with Crippen LogP contribution in [0.1, 0.15) is 38.3 Å². The van der Waals surface area contributed by atoms with Crippen LogP contribution >= 0.6 is 23.2 Å². The van der Waals surface area contributed by atoms with E-state index in [1.807, 2.05) is 44.2 Å². The summed E-state index contributed by atoms with van der Waals surface area (Å²) in [7, 11) is 0. The summed E-state index contributed by atoms with van der Waals surface area (Å²) < 4.78 is 0. The lowest BCUT2D eigenvalue weighted by atomic mass is 9.91. The van der Waals surface area contributed by atoms with Gasteiger partial charge >= 0.3 is 0 Å². The molecule has 26 heavy (non-hydrogen) atoms. The Balaban J connectivity index is 2.35. The minimum atomic E-state index is -0.697. The van der Waals surface area contributed by atoms with Crippen molar-refractivity contribution >= 4 is 34.9 Å². The van der Waals surface area contributed by atoms with Crippen LogP contribution in [0.4, 0.5) is 0 Å². The fourth-order valence-electron chi connectivity index (χ4n) is 2.83. The molecule has 1 heterocycles. The molecular formula is C20H22Cl2N2O2. The Hall–Kier alpha value is -1.91. The highest BCUT2D eigenvalue weighted by Gasteiger charge is 2.33. The van der Waals surface area contributed by atoms with Gasteiger partial charge in [0.25, 0.3) is 0 Å². The first-order valence-electron chi connectivity index (χ1n) is 8.37. The molecule has 0 bridgehead atoms. The van der Waals surface area contributed by atoms with Crippen molar-refractivity contribution in [3.8, 4) is 0 Å². The lowest BCUT2D eigenvalue weighted by Crippen LogP contribution is -2.47. The zero-order valence-electron chi connectivity index (χ0n) is 15.1. The fourth-order valence-corrected chi connectivity index (χ4v) is 3.29. The minimum Gasteiger partial charge on any atom is -0.333 e. The van der Waals surface area contributed by atoms with Gasteiger partial charge in [0.05, 0.1) is 12.0 Å². The number of rotatable bonds is 7. The van der Waals surface area contributed by atoms with E-state index < -0.39 is 5.54 Å². The second-order valence-corrected chi connectivity index (χ2v) is 7.49. The molecule has 0 aliphatic carbocycles. The summed E-state index contributed by atoms with van der Waals surface area (Å²) in [4.78, 5) is 30.2. The van der Waals surface area contributed by atoms with Gasteiger partial charge in [-0.25, -0.2) is 4.98 Å². The van der Waals surface area contributed by atoms with E-state index in [4.69, 9.17) is 23.2 Å². The number of hydrogen-bond acceptors (Lipinski definition) is 3. The van der Waals surface area contributed by atoms with Crippen LogP contribution in [0.3, 0.4) is 0 Å². The Bertz CT molecular complexity index is 771. The highest BCUT2D eigenvalue weighted by atomic mass is 35.5. The van der Waals surface area contributed by atoms with Gasteiger partial charge in [0.2, 0.25) is 5.91 Å². The third-order valence-corrected chi connectivity index (χ3v) is 4.72. The summed E-state index contributed by atoms with van der Waals surface area (Å²) in [5.74, 6) is -0.0318. The summed E-state index contributed by atoms with van der Waals surface area (Å²) in [6, 6.07) is 12.9. The molecule has 0 aliphatic rings. The molecule has 1 amide bonds. The number of pyridine rings is 1. The molecule has 0 radical (unpaired) electrons. The van der Waals surface area contributed by atoms with E-state index in [2.05, 4.69) is 4.98 Å². The molecule has 0 saturated carbocycles. The van der Waals surface area contributed by atoms with Gasteiger partial charge in [0, 0.05) is 13.0 Å². The molecular weight excluding hydrogens is 371 g/mol. The van der Waals surface area contributed by atoms with E-state index in [0.717, 1.165) is 11.1 Å². The van der Waals surface area contributed by atoms with Crippen LogP contribution in [0.5, 0.6) is 0 Å². The van der Waals surface area contributed by atoms with Gasteiger partial charge in [-0.05, 0) is 44.0 Å². The minimum absolute atomic E-state index is 0.0316. The number of halogens is 2. The zero-order chi connectivity index (χ0) is 19.3. The number of carbonyl (C=O) groups is 2. The van der Waals surface area contributed by atoms with Crippen LogP contribution in [-0.4, -0.2) is 28.1 Å². The van der Waals surface area contributed by atoms with Gasteiger partial charge in [-0.1, -0.05) is 53.5 Å². The molecule has 1 aromatic carbocycles. The molecule has 0 spiro atoms. The maximum absolute atomic E-state index is 13.0. The number of carbonyl (C=O) groups excluding carboxylic acids is 2. The molecule has 2 aromatic rings. The van der Waals surface area contributed by atoms with Crippen molar-refractivity contribution in [2.24, 2.45) is 0 Å². The van der Waals surface area contributed by atoms with E-state index in [1.165, 1.54) is 6.92 Å². The first kappa shape index (κ1) is 20.4. The van der Waals surface area contributed by atoms with Crippen molar-refractivity contribution in [1.29, 1.82) is 0 Å². The van der Waals surface area contributed by atoms with Crippen molar-refractivity contribution in [3.63, 3.8) is 0 Å². The van der Waals surface area contributed by atoms with Gasteiger partial charge in [-0.2, -0.15) is 0 Å². The largest absolute Gasteiger partial charge is 0.333 e. The third-order valence-electron chi connectivity index (χ3n) is 4.33. The number of ketones is 1. The van der Waals surface area contributed by atoms with Crippen LogP contribution in [0.2, 0.25) is 10.3 Å². The van der Waals surface area contributed by atoms with E-state index >= 15 is 0 Å². The van der Waals surface area contributed by atoms with Crippen molar-refractivity contribution in [2.45, 2.75) is 39.2 Å². The molecule has 0 aliphatic heterocycles. The second-order valence-electron chi connectivity index (χ2n) is 6.72. The molecule has 1 aromatic heterocycles. The maximum Gasteiger partial charge on any atom is 0.227 e. The van der Waals surface area contributed by atoms with Gasteiger partial charge in [-0.15, -0.1) is 0 Å². The third kappa shape index (κ3) is 5.29. The molecule has 0 unspecified atom stereocenters. The first-order chi connectivity index (χ1) is 12.2. The van der Waals surface area contributed by atoms with Crippen molar-refractivity contribution in [3.05, 3.63) is 63.9 Å². The lowest BCUT2D eigenvalue weighted by Gasteiger charge is -2.39. The first-order valence-corrected chi connectivity index (χ1v) is 9.13. The fraction of sp³-hybridized carbons (Fsp3) is 0.350. The van der Waals surface area contributed by atoms with E-state index in [1.54, 1.807) is 17.0 Å². The average molecular weight is 393 g/mol. The van der Waals surface area contributed by atoms with E-state index in [0.29, 0.717) is 6.54 Å². The standard InChI is InChI=1S/C20H22Cl2N2O2/c1-14(25)9-10-24(19(26)11-15-7-5-4-6-8-15)20(2,3)16-12-17(21)23-18(22)13-16/h4-8,12-13H,9-11H2,1-3H3. The average Bonchev–Trinajstić information content (AvgIpc) is 2.54. The number of benzene rings is 1. The summed E-state index contributed by atoms with van der Waals surface area (Å²) in [5.41, 5.74) is 0.997. The molecule has 4 nitrogen and oxygen atoms in total. The quantitative estimate of drug-likeness (QED) is 0.642. The van der Waals surface area contributed by atoms with E-state index in [9.17, 15) is 9.59 Å². The Labute approximate surface area is 164 Å². The molecule has 0 N–H and O–H groups in total. The van der Waals surface area contributed by atoms with Crippen LogP contribution < -0.4 is 0 Å². The Kier molecular flexibility index (Phi) is 6.79. The molecule has 6 heteroatoms. The highest BCUT2D eigenvalue weighted by molar-refractivity contribution is 6.32. The molecule has 0 fully saturated rings. The topological polar surface area (TPSA) is 50.3 Å². The van der Waals surface area contributed by atoms with Gasteiger partial charge in [0.1, 0.15) is 16.1 Å². The smallest absolute Gasteiger partial charge is 0.227 e. The highest BCUT2D eigenvalue weighted by Crippen LogP contribution is 2.31. The number of Topliss-reactive ketones (excluding diaryl/α,β-unsaturated/α-hetero) is 1. The number of hydrogen-bond donors (Lipinski definition) is 0. The maximum atomic E-state index is 13.0. The number of nitrogens with zero attached hydrogens (tertiary/aromatic N) is 2. The van der Waals surface area contributed by atoms with Crippen LogP contribution in [-0.2, 0) is 21.5 Å². The normalized spacial score (nSPS) is 11.3.